The minimum Gasteiger partial charge on any atom is -0.375 e. The molecule has 2 aliphatic rings. The Morgan fingerprint density at radius 2 is 1.91 bits per heavy atom. The zero-order valence-electron chi connectivity index (χ0n) is 20.0. The number of rotatable bonds is 9. The maximum Gasteiger partial charge on any atom is 0.229 e. The summed E-state index contributed by atoms with van der Waals surface area (Å²) in [4.78, 5) is 25.6. The third-order valence-corrected chi connectivity index (χ3v) is 6.19. The lowest BCUT2D eigenvalue weighted by molar-refractivity contribution is -0.132. The van der Waals surface area contributed by atoms with Gasteiger partial charge in [-0.15, -0.1) is 0 Å². The van der Waals surface area contributed by atoms with Gasteiger partial charge in [0.1, 0.15) is 19.5 Å². The Labute approximate surface area is 202 Å². The van der Waals surface area contributed by atoms with Crippen molar-refractivity contribution in [3.8, 4) is 0 Å². The minimum absolute atomic E-state index is 0.171. The molecule has 2 fully saturated rings. The van der Waals surface area contributed by atoms with Crippen molar-refractivity contribution in [3.05, 3.63) is 60.1 Å². The van der Waals surface area contributed by atoms with Gasteiger partial charge in [-0.3, -0.25) is 4.79 Å². The highest BCUT2D eigenvalue weighted by Gasteiger charge is 2.23. The predicted octanol–water partition coefficient (Wildman–Crippen LogP) is 1.77. The van der Waals surface area contributed by atoms with E-state index in [1.54, 1.807) is 6.20 Å². The lowest BCUT2D eigenvalue weighted by atomic mass is 9.99. The summed E-state index contributed by atoms with van der Waals surface area (Å²) < 4.78 is 0. The second kappa shape index (κ2) is 10.7. The molecule has 0 spiro atoms. The van der Waals surface area contributed by atoms with Crippen LogP contribution in [0.4, 0.5) is 17.5 Å². The average Bonchev–Trinajstić information content (AvgIpc) is 3.68. The van der Waals surface area contributed by atoms with Crippen LogP contribution >= 0.6 is 0 Å². The number of amides is 1. The number of carbonyl (C=O) groups is 1. The Bertz CT molecular complexity index is 1060. The molecule has 0 unspecified atom stereocenters. The van der Waals surface area contributed by atoms with Gasteiger partial charge in [0.15, 0.2) is 0 Å². The molecule has 1 aliphatic carbocycles. The monoisotopic (exact) mass is 457 g/mol. The molecule has 8 nitrogen and oxygen atoms in total. The third kappa shape index (κ3) is 6.38. The molecule has 34 heavy (non-hydrogen) atoms. The SMILES string of the molecule is [B]c1cnc(Nc2ccc(CC(=O)N3CCN(C)CC3)cc2)nc1N/C(=C/C(=C)C1CC1)NC. The highest BCUT2D eigenvalue weighted by molar-refractivity contribution is 6.35. The lowest BCUT2D eigenvalue weighted by Gasteiger charge is -2.32. The van der Waals surface area contributed by atoms with Gasteiger partial charge in [-0.05, 0) is 60.6 Å². The molecular weight excluding hydrogens is 425 g/mol. The molecule has 1 saturated carbocycles. The van der Waals surface area contributed by atoms with E-state index in [1.807, 2.05) is 42.3 Å². The zero-order valence-corrected chi connectivity index (χ0v) is 20.0. The fraction of sp³-hybridized carbons (Fsp3) is 0.400. The average molecular weight is 457 g/mol. The molecule has 0 bridgehead atoms. The van der Waals surface area contributed by atoms with Crippen LogP contribution in [0.3, 0.4) is 0 Å². The molecule has 4 rings (SSSR count). The minimum atomic E-state index is 0.171. The van der Waals surface area contributed by atoms with Crippen molar-refractivity contribution in [1.82, 2.24) is 25.1 Å². The number of likely N-dealkylation sites (N-methyl/N-ethyl adjacent to an activating group) is 1. The number of nitrogens with one attached hydrogen (secondary N) is 3. The Kier molecular flexibility index (Phi) is 7.52. The van der Waals surface area contributed by atoms with Gasteiger partial charge in [-0.25, -0.2) is 4.98 Å². The number of aromatic nitrogens is 2. The van der Waals surface area contributed by atoms with Crippen LogP contribution in [-0.4, -0.2) is 73.8 Å². The first kappa shape index (κ1) is 23.8. The van der Waals surface area contributed by atoms with Crippen LogP contribution < -0.4 is 21.4 Å². The van der Waals surface area contributed by atoms with E-state index in [-0.39, 0.29) is 5.91 Å². The van der Waals surface area contributed by atoms with Gasteiger partial charge in [0, 0.05) is 45.1 Å². The molecule has 2 radical (unpaired) electrons. The van der Waals surface area contributed by atoms with Crippen molar-refractivity contribution in [2.24, 2.45) is 5.92 Å². The van der Waals surface area contributed by atoms with E-state index in [9.17, 15) is 4.79 Å². The summed E-state index contributed by atoms with van der Waals surface area (Å²) in [6, 6.07) is 7.77. The highest BCUT2D eigenvalue weighted by atomic mass is 16.2. The summed E-state index contributed by atoms with van der Waals surface area (Å²) in [5.41, 5.74) is 3.35. The van der Waals surface area contributed by atoms with Gasteiger partial charge in [-0.1, -0.05) is 18.7 Å². The predicted molar refractivity (Wildman–Crippen MR) is 138 cm³/mol. The van der Waals surface area contributed by atoms with E-state index in [0.29, 0.717) is 29.6 Å². The summed E-state index contributed by atoms with van der Waals surface area (Å²) in [5, 5.41) is 9.56. The van der Waals surface area contributed by atoms with Crippen molar-refractivity contribution < 1.29 is 4.79 Å². The summed E-state index contributed by atoms with van der Waals surface area (Å²) >= 11 is 0. The molecule has 1 aromatic carbocycles. The fourth-order valence-corrected chi connectivity index (χ4v) is 3.78. The molecule has 1 aliphatic heterocycles. The normalized spacial score (nSPS) is 16.8. The van der Waals surface area contributed by atoms with Gasteiger partial charge in [0.25, 0.3) is 0 Å². The highest BCUT2D eigenvalue weighted by Crippen LogP contribution is 2.36. The lowest BCUT2D eigenvalue weighted by Crippen LogP contribution is -2.47. The number of allylic oxidation sites excluding steroid dienone is 2. The first-order valence-electron chi connectivity index (χ1n) is 11.7. The van der Waals surface area contributed by atoms with E-state index in [0.717, 1.165) is 48.8 Å². The zero-order chi connectivity index (χ0) is 24.1. The number of anilines is 3. The van der Waals surface area contributed by atoms with E-state index in [2.05, 4.69) is 44.4 Å². The van der Waals surface area contributed by atoms with Crippen molar-refractivity contribution >= 4 is 36.7 Å². The molecule has 9 heteroatoms. The maximum absolute atomic E-state index is 12.6. The van der Waals surface area contributed by atoms with E-state index >= 15 is 0 Å². The van der Waals surface area contributed by atoms with E-state index in [4.69, 9.17) is 7.85 Å². The molecule has 2 heterocycles. The van der Waals surface area contributed by atoms with Gasteiger partial charge >= 0.3 is 0 Å². The van der Waals surface area contributed by atoms with Crippen LogP contribution in [0.15, 0.2) is 54.5 Å². The molecule has 2 aromatic rings. The molecule has 1 amide bonds. The second-order valence-corrected chi connectivity index (χ2v) is 8.96. The van der Waals surface area contributed by atoms with Crippen LogP contribution in [0, 0.1) is 5.92 Å². The molecule has 1 aromatic heterocycles. The summed E-state index contributed by atoms with van der Waals surface area (Å²) in [5.74, 6) is 2.46. The quantitative estimate of drug-likeness (QED) is 0.391. The Morgan fingerprint density at radius 1 is 1.21 bits per heavy atom. The van der Waals surface area contributed by atoms with Crippen LogP contribution in [0.5, 0.6) is 0 Å². The summed E-state index contributed by atoms with van der Waals surface area (Å²) in [6.07, 6.45) is 6.36. The topological polar surface area (TPSA) is 85.4 Å². The van der Waals surface area contributed by atoms with Gasteiger partial charge < -0.3 is 25.8 Å². The molecule has 0 atom stereocenters. The van der Waals surface area contributed by atoms with Crippen molar-refractivity contribution in [2.75, 3.05) is 50.9 Å². The van der Waals surface area contributed by atoms with Crippen LogP contribution in [-0.2, 0) is 11.2 Å². The van der Waals surface area contributed by atoms with Crippen LogP contribution in [0.1, 0.15) is 18.4 Å². The van der Waals surface area contributed by atoms with Crippen LogP contribution in [0.25, 0.3) is 0 Å². The number of piperazine rings is 1. The largest absolute Gasteiger partial charge is 0.375 e. The standard InChI is InChI=1S/C25H32BN7O/c1-17(19-6-7-19)14-22(27-2)30-24-21(26)16-28-25(31-24)29-20-8-4-18(5-9-20)15-23(34)33-12-10-32(3)11-13-33/h4-5,8-9,14,16,19,27H,1,6-7,10-13,15H2,2-3H3,(H2,28,29,30,31)/b22-14+. The van der Waals surface area contributed by atoms with E-state index < -0.39 is 0 Å². The molecule has 1 saturated heterocycles. The van der Waals surface area contributed by atoms with Crippen LogP contribution in [0.2, 0.25) is 0 Å². The Balaban J connectivity index is 1.37. The Hall–Kier alpha value is -3.33. The number of hydrogen-bond acceptors (Lipinski definition) is 7. The molecule has 176 valence electrons. The maximum atomic E-state index is 12.6. The van der Waals surface area contributed by atoms with Crippen molar-refractivity contribution in [3.63, 3.8) is 0 Å². The molecule has 3 N–H and O–H groups in total. The first-order chi connectivity index (χ1) is 16.4. The smallest absolute Gasteiger partial charge is 0.229 e. The Morgan fingerprint density at radius 3 is 2.56 bits per heavy atom. The van der Waals surface area contributed by atoms with Crippen molar-refractivity contribution in [1.29, 1.82) is 0 Å². The third-order valence-electron chi connectivity index (χ3n) is 6.19. The van der Waals surface area contributed by atoms with Crippen molar-refractivity contribution in [2.45, 2.75) is 19.3 Å². The van der Waals surface area contributed by atoms with E-state index in [1.165, 1.54) is 12.8 Å². The number of benzene rings is 1. The van der Waals surface area contributed by atoms with Gasteiger partial charge in [-0.2, -0.15) is 4.98 Å². The number of hydrogen-bond donors (Lipinski definition) is 3. The van der Waals surface area contributed by atoms with Gasteiger partial charge in [0.2, 0.25) is 11.9 Å². The second-order valence-electron chi connectivity index (χ2n) is 8.96. The number of carbonyl (C=O) groups excluding carboxylic acids is 1. The molecular formula is C25H32BN7O. The first-order valence-corrected chi connectivity index (χ1v) is 11.7. The summed E-state index contributed by atoms with van der Waals surface area (Å²) in [7, 11) is 10.0. The fourth-order valence-electron chi connectivity index (χ4n) is 3.78. The summed E-state index contributed by atoms with van der Waals surface area (Å²) in [6.45, 7) is 7.57. The number of nitrogens with zero attached hydrogens (tertiary/aromatic N) is 4. The van der Waals surface area contributed by atoms with Gasteiger partial charge in [0.05, 0.1) is 6.42 Å².